The fraction of sp³-hybridized carbons (Fsp3) is 0.333. The average Bonchev–Trinajstić information content (AvgIpc) is 2.33. The maximum atomic E-state index is 2.24. The van der Waals surface area contributed by atoms with Crippen LogP contribution in [0.3, 0.4) is 0 Å². The van der Waals surface area contributed by atoms with Crippen molar-refractivity contribution in [1.82, 2.24) is 0 Å². The number of fused-ring (bicyclic) bond motifs is 1. The Kier molecular flexibility index (Phi) is 2.07. The van der Waals surface area contributed by atoms with Gasteiger partial charge in [-0.15, -0.1) is 0 Å². The van der Waals surface area contributed by atoms with Crippen molar-refractivity contribution in [2.45, 2.75) is 19.3 Å². The van der Waals surface area contributed by atoms with Crippen LogP contribution in [0, 0.1) is 0 Å². The highest BCUT2D eigenvalue weighted by Gasteiger charge is 2.07. The molecule has 0 amide bonds. The first kappa shape index (κ1) is 7.29. The highest BCUT2D eigenvalue weighted by molar-refractivity contribution is 5.30. The molecule has 2 N–H and O–H groups in total. The fourth-order valence-corrected chi connectivity index (χ4v) is 1.51. The summed E-state index contributed by atoms with van der Waals surface area (Å²) in [7, 11) is 0. The van der Waals surface area contributed by atoms with E-state index >= 15 is 0 Å². The van der Waals surface area contributed by atoms with Crippen LogP contribution in [0.4, 0.5) is 0 Å². The van der Waals surface area contributed by atoms with Crippen molar-refractivity contribution < 1.29 is 5.48 Å². The van der Waals surface area contributed by atoms with E-state index < -0.39 is 0 Å². The molecule has 1 aromatic rings. The molecule has 0 saturated carbocycles. The average molecular weight is 136 g/mol. The third-order valence-corrected chi connectivity index (χ3v) is 2.01. The van der Waals surface area contributed by atoms with E-state index in [-0.39, 0.29) is 5.48 Å². The van der Waals surface area contributed by atoms with Gasteiger partial charge in [0.2, 0.25) is 0 Å². The highest BCUT2D eigenvalue weighted by atomic mass is 16.0. The van der Waals surface area contributed by atoms with Crippen molar-refractivity contribution in [1.29, 1.82) is 0 Å². The summed E-state index contributed by atoms with van der Waals surface area (Å²) in [4.78, 5) is 0. The summed E-state index contributed by atoms with van der Waals surface area (Å²) in [5, 5.41) is 0. The van der Waals surface area contributed by atoms with Crippen LogP contribution in [0.15, 0.2) is 24.3 Å². The van der Waals surface area contributed by atoms with Crippen molar-refractivity contribution in [3.8, 4) is 0 Å². The molecule has 0 unspecified atom stereocenters. The van der Waals surface area contributed by atoms with E-state index in [0.29, 0.717) is 0 Å². The van der Waals surface area contributed by atoms with Crippen LogP contribution in [0.2, 0.25) is 0 Å². The molecule has 10 heavy (non-hydrogen) atoms. The van der Waals surface area contributed by atoms with Crippen molar-refractivity contribution in [2.75, 3.05) is 0 Å². The van der Waals surface area contributed by atoms with E-state index in [4.69, 9.17) is 0 Å². The van der Waals surface area contributed by atoms with Crippen LogP contribution in [0.1, 0.15) is 17.5 Å². The Morgan fingerprint density at radius 3 is 1.90 bits per heavy atom. The SMILES string of the molecule is O.c1ccc2c(c1)CCC2. The van der Waals surface area contributed by atoms with Gasteiger partial charge in [-0.05, 0) is 30.4 Å². The van der Waals surface area contributed by atoms with E-state index in [0.717, 1.165) is 0 Å². The van der Waals surface area contributed by atoms with Gasteiger partial charge in [0, 0.05) is 0 Å². The van der Waals surface area contributed by atoms with Gasteiger partial charge in [0.05, 0.1) is 0 Å². The Balaban J connectivity index is 0.000000500. The van der Waals surface area contributed by atoms with Crippen molar-refractivity contribution in [2.24, 2.45) is 0 Å². The summed E-state index contributed by atoms with van der Waals surface area (Å²) in [6, 6.07) is 8.74. The molecule has 2 rings (SSSR count). The van der Waals surface area contributed by atoms with Gasteiger partial charge < -0.3 is 5.48 Å². The summed E-state index contributed by atoms with van der Waals surface area (Å²) in [5.74, 6) is 0. The molecule has 0 saturated heterocycles. The Bertz CT molecular complexity index is 195. The topological polar surface area (TPSA) is 31.5 Å². The lowest BCUT2D eigenvalue weighted by Crippen LogP contribution is -1.77. The van der Waals surface area contributed by atoms with Crippen molar-refractivity contribution in [3.05, 3.63) is 35.4 Å². The lowest BCUT2D eigenvalue weighted by Gasteiger charge is -1.93. The monoisotopic (exact) mass is 136 g/mol. The van der Waals surface area contributed by atoms with Crippen LogP contribution in [0.25, 0.3) is 0 Å². The van der Waals surface area contributed by atoms with E-state index in [9.17, 15) is 0 Å². The normalized spacial score (nSPS) is 14.0. The third kappa shape index (κ3) is 1.05. The lowest BCUT2D eigenvalue weighted by molar-refractivity contribution is 0.824. The van der Waals surface area contributed by atoms with Gasteiger partial charge >= 0.3 is 0 Å². The van der Waals surface area contributed by atoms with Crippen LogP contribution in [-0.4, -0.2) is 5.48 Å². The molecule has 0 aromatic heterocycles. The maximum Gasteiger partial charge on any atom is -0.0273 e. The zero-order chi connectivity index (χ0) is 6.10. The summed E-state index contributed by atoms with van der Waals surface area (Å²) < 4.78 is 0. The van der Waals surface area contributed by atoms with Gasteiger partial charge in [-0.1, -0.05) is 24.3 Å². The Morgan fingerprint density at radius 2 is 1.40 bits per heavy atom. The largest absolute Gasteiger partial charge is 0.412 e. The second kappa shape index (κ2) is 2.84. The molecule has 0 atom stereocenters. The van der Waals surface area contributed by atoms with Gasteiger partial charge in [0.1, 0.15) is 0 Å². The molecule has 1 aliphatic carbocycles. The van der Waals surface area contributed by atoms with Gasteiger partial charge in [0.15, 0.2) is 0 Å². The molecule has 1 heteroatoms. The molecule has 0 spiro atoms. The van der Waals surface area contributed by atoms with E-state index in [1.165, 1.54) is 19.3 Å². The zero-order valence-electron chi connectivity index (χ0n) is 5.93. The van der Waals surface area contributed by atoms with E-state index in [1.54, 1.807) is 11.1 Å². The maximum absolute atomic E-state index is 2.24. The van der Waals surface area contributed by atoms with Crippen LogP contribution >= 0.6 is 0 Å². The molecule has 0 fully saturated rings. The molecule has 0 aliphatic heterocycles. The minimum Gasteiger partial charge on any atom is -0.412 e. The van der Waals surface area contributed by atoms with Gasteiger partial charge in [-0.3, -0.25) is 0 Å². The number of rotatable bonds is 0. The lowest BCUT2D eigenvalue weighted by atomic mass is 10.1. The standard InChI is InChI=1S/C9H10.H2O/c1-2-5-9-7-3-6-8(9)4-1;/h1-2,4-5H,3,6-7H2;1H2. The summed E-state index contributed by atoms with van der Waals surface area (Å²) in [6.45, 7) is 0. The smallest absolute Gasteiger partial charge is 0.0273 e. The van der Waals surface area contributed by atoms with Crippen LogP contribution < -0.4 is 0 Å². The second-order valence-electron chi connectivity index (χ2n) is 2.62. The molecular weight excluding hydrogens is 124 g/mol. The molecule has 54 valence electrons. The molecule has 1 nitrogen and oxygen atoms in total. The highest BCUT2D eigenvalue weighted by Crippen LogP contribution is 2.20. The van der Waals surface area contributed by atoms with E-state index in [1.807, 2.05) is 0 Å². The number of benzene rings is 1. The molecular formula is C9H12O. The van der Waals surface area contributed by atoms with Crippen molar-refractivity contribution >= 4 is 0 Å². The number of aryl methyl sites for hydroxylation is 2. The predicted octanol–water partition coefficient (Wildman–Crippen LogP) is 1.35. The zero-order valence-corrected chi connectivity index (χ0v) is 5.93. The number of hydrogen-bond acceptors (Lipinski definition) is 0. The summed E-state index contributed by atoms with van der Waals surface area (Å²) >= 11 is 0. The first-order valence-electron chi connectivity index (χ1n) is 3.53. The third-order valence-electron chi connectivity index (χ3n) is 2.01. The minimum absolute atomic E-state index is 0. The second-order valence-corrected chi connectivity index (χ2v) is 2.62. The minimum atomic E-state index is 0. The predicted molar refractivity (Wildman–Crippen MR) is 42.1 cm³/mol. The van der Waals surface area contributed by atoms with Gasteiger partial charge in [-0.25, -0.2) is 0 Å². The first-order chi connectivity index (χ1) is 4.47. The number of hydrogen-bond donors (Lipinski definition) is 0. The van der Waals surface area contributed by atoms with Crippen molar-refractivity contribution in [3.63, 3.8) is 0 Å². The van der Waals surface area contributed by atoms with Gasteiger partial charge in [0.25, 0.3) is 0 Å². The van der Waals surface area contributed by atoms with Crippen LogP contribution in [0.5, 0.6) is 0 Å². The summed E-state index contributed by atoms with van der Waals surface area (Å²) in [5.41, 5.74) is 3.13. The molecule has 0 heterocycles. The van der Waals surface area contributed by atoms with Gasteiger partial charge in [-0.2, -0.15) is 0 Å². The Labute approximate surface area is 61.0 Å². The molecule has 1 aliphatic rings. The fourth-order valence-electron chi connectivity index (χ4n) is 1.51. The first-order valence-corrected chi connectivity index (χ1v) is 3.53. The van der Waals surface area contributed by atoms with Crippen LogP contribution in [-0.2, 0) is 12.8 Å². The molecule has 0 bridgehead atoms. The summed E-state index contributed by atoms with van der Waals surface area (Å²) in [6.07, 6.45) is 3.96. The van der Waals surface area contributed by atoms with E-state index in [2.05, 4.69) is 24.3 Å². The quantitative estimate of drug-likeness (QED) is 0.515. The Hall–Kier alpha value is -0.820. The molecule has 1 aromatic carbocycles. The Morgan fingerprint density at radius 1 is 0.900 bits per heavy atom. The molecule has 0 radical (unpaired) electrons.